The second-order valence-corrected chi connectivity index (χ2v) is 24.7. The van der Waals surface area contributed by atoms with E-state index in [9.17, 15) is 0 Å². The molecule has 13 aromatic rings. The van der Waals surface area contributed by atoms with Crippen LogP contribution in [0.2, 0.25) is 0 Å². The average molecular weight is 996 g/mol. The Labute approximate surface area is 448 Å². The van der Waals surface area contributed by atoms with Gasteiger partial charge >= 0.3 is 0 Å². The zero-order valence-corrected chi connectivity index (χ0v) is 45.0. The van der Waals surface area contributed by atoms with Crippen molar-refractivity contribution in [3.63, 3.8) is 0 Å². The van der Waals surface area contributed by atoms with E-state index in [0.29, 0.717) is 0 Å². The predicted molar refractivity (Wildman–Crippen MR) is 320 cm³/mol. The van der Waals surface area contributed by atoms with E-state index in [2.05, 4.69) is 249 Å². The molecule has 0 unspecified atom stereocenters. The van der Waals surface area contributed by atoms with Crippen LogP contribution >= 0.6 is 0 Å². The summed E-state index contributed by atoms with van der Waals surface area (Å²) in [5.74, 6) is 0. The van der Waals surface area contributed by atoms with Crippen LogP contribution in [0, 0.1) is 0 Å². The van der Waals surface area contributed by atoms with Crippen molar-refractivity contribution in [3.8, 4) is 44.5 Å². The van der Waals surface area contributed by atoms with E-state index in [4.69, 9.17) is 13.3 Å². The van der Waals surface area contributed by atoms with Gasteiger partial charge in [0, 0.05) is 65.7 Å². The topological polar surface area (TPSA) is 42.7 Å². The Morgan fingerprint density at radius 2 is 0.844 bits per heavy atom. The molecule has 4 heteroatoms. The minimum atomic E-state index is -0.375. The van der Waals surface area contributed by atoms with Gasteiger partial charge in [0.05, 0.1) is 11.1 Å². The van der Waals surface area contributed by atoms with E-state index < -0.39 is 0 Å². The molecular formula is C73H57NO3. The molecule has 0 N–H and O–H groups in total. The average Bonchev–Trinajstić information content (AvgIpc) is 4.41. The summed E-state index contributed by atoms with van der Waals surface area (Å²) in [4.78, 5) is 2.50. The van der Waals surface area contributed by atoms with Gasteiger partial charge in [0.1, 0.15) is 33.5 Å². The Morgan fingerprint density at radius 3 is 1.52 bits per heavy atom. The number of para-hydroxylation sites is 3. The lowest BCUT2D eigenvalue weighted by Gasteiger charge is -2.32. The summed E-state index contributed by atoms with van der Waals surface area (Å²) in [6, 6.07) is 67.0. The van der Waals surface area contributed by atoms with Crippen LogP contribution in [0.3, 0.4) is 0 Å². The van der Waals surface area contributed by atoms with Gasteiger partial charge in [-0.15, -0.1) is 0 Å². The quantitative estimate of drug-likeness (QED) is 0.176. The van der Waals surface area contributed by atoms with Crippen molar-refractivity contribution in [2.45, 2.75) is 84.0 Å². The summed E-state index contributed by atoms with van der Waals surface area (Å²) in [6.45, 7) is 21.5. The van der Waals surface area contributed by atoms with Gasteiger partial charge in [-0.2, -0.15) is 0 Å². The molecule has 0 atom stereocenters. The first-order valence-electron chi connectivity index (χ1n) is 27.3. The van der Waals surface area contributed by atoms with Crippen molar-refractivity contribution < 1.29 is 13.3 Å². The third-order valence-electron chi connectivity index (χ3n) is 18.3. The fourth-order valence-electron chi connectivity index (χ4n) is 14.8. The van der Waals surface area contributed by atoms with E-state index in [1.54, 1.807) is 0 Å². The zero-order valence-electron chi connectivity index (χ0n) is 45.0. The fraction of sp³-hybridized carbons (Fsp3) is 0.178. The molecule has 3 aliphatic carbocycles. The van der Waals surface area contributed by atoms with Gasteiger partial charge in [0.15, 0.2) is 0 Å². The molecule has 0 aliphatic heterocycles. The first kappa shape index (κ1) is 44.7. The molecule has 10 aromatic carbocycles. The van der Waals surface area contributed by atoms with Crippen LogP contribution in [-0.2, 0) is 21.7 Å². The third kappa shape index (κ3) is 5.72. The summed E-state index contributed by atoms with van der Waals surface area (Å²) in [7, 11) is 0. The summed E-state index contributed by atoms with van der Waals surface area (Å²) < 4.78 is 20.7. The normalized spacial score (nSPS) is 15.4. The number of rotatable bonds is 4. The largest absolute Gasteiger partial charge is 0.456 e. The smallest absolute Gasteiger partial charge is 0.144 e. The number of fused-ring (bicyclic) bond motifs is 22. The molecule has 0 spiro atoms. The summed E-state index contributed by atoms with van der Waals surface area (Å²) in [5.41, 5.74) is 26.9. The Hall–Kier alpha value is -8.60. The lowest BCUT2D eigenvalue weighted by atomic mass is 9.72. The van der Waals surface area contributed by atoms with Crippen molar-refractivity contribution in [2.75, 3.05) is 4.90 Å². The minimum absolute atomic E-state index is 0.0775. The van der Waals surface area contributed by atoms with Gasteiger partial charge in [-0.3, -0.25) is 0 Å². The minimum Gasteiger partial charge on any atom is -0.456 e. The van der Waals surface area contributed by atoms with Crippen LogP contribution in [-0.4, -0.2) is 0 Å². The number of benzene rings is 10. The standard InChI is InChI=1S/C73H57NO3/c1-70(2,3)50-26-15-10-21-42(50)49-39-54-60(63-47-24-13-18-30-57(47)76-68(49)63)44-35-33-40(37-52(44)71(54,4)5)74(55-28-20-32-59-61(55)46-23-12-17-29-56(46)75-59)41-34-36-45-53(38-41)73(8,9)66-62(45)64-48-25-14-19-31-58(48)77-69(64)65-43-22-11-16-27-51(43)72(6,7)67(65)66/h10-39H,1-9H3. The van der Waals surface area contributed by atoms with Crippen LogP contribution in [0.15, 0.2) is 195 Å². The highest BCUT2D eigenvalue weighted by atomic mass is 16.3. The molecule has 0 amide bonds. The Bertz CT molecular complexity index is 4770. The molecule has 3 aromatic heterocycles. The summed E-state index contributed by atoms with van der Waals surface area (Å²) in [6.07, 6.45) is 0. The van der Waals surface area contributed by atoms with Crippen LogP contribution in [0.1, 0.15) is 101 Å². The van der Waals surface area contributed by atoms with Gasteiger partial charge < -0.3 is 18.2 Å². The SMILES string of the molecule is CC(C)(C)c1ccccc1-c1cc2c(c3c1oc1ccccc13)-c1ccc(N(c3ccc4c(c3)C(C)(C)c3c5c(c6oc7ccccc7c6c3-4)-c3ccccc3C5(C)C)c3cccc4oc5ccccc5c34)cc1C2(C)C. The summed E-state index contributed by atoms with van der Waals surface area (Å²) in [5, 5.41) is 6.87. The number of hydrogen-bond acceptors (Lipinski definition) is 4. The van der Waals surface area contributed by atoms with Crippen molar-refractivity contribution in [2.24, 2.45) is 0 Å². The molecule has 0 saturated carbocycles. The van der Waals surface area contributed by atoms with Gasteiger partial charge in [-0.25, -0.2) is 0 Å². The highest BCUT2D eigenvalue weighted by Gasteiger charge is 2.49. The lowest BCUT2D eigenvalue weighted by Crippen LogP contribution is -2.24. The maximum absolute atomic E-state index is 7.04. The Kier molecular flexibility index (Phi) is 8.62. The maximum atomic E-state index is 7.04. The van der Waals surface area contributed by atoms with Crippen molar-refractivity contribution in [1.82, 2.24) is 0 Å². The highest BCUT2D eigenvalue weighted by Crippen LogP contribution is 2.64. The fourth-order valence-corrected chi connectivity index (χ4v) is 14.8. The van der Waals surface area contributed by atoms with Crippen LogP contribution in [0.25, 0.3) is 110 Å². The molecule has 372 valence electrons. The molecule has 0 saturated heterocycles. The number of nitrogens with zero attached hydrogens (tertiary/aromatic N) is 1. The first-order valence-corrected chi connectivity index (χ1v) is 27.3. The highest BCUT2D eigenvalue weighted by molar-refractivity contribution is 6.22. The molecule has 4 nitrogen and oxygen atoms in total. The molecule has 3 aliphatic rings. The molecule has 0 fully saturated rings. The number of furan rings is 3. The third-order valence-corrected chi connectivity index (χ3v) is 18.3. The van der Waals surface area contributed by atoms with Gasteiger partial charge in [-0.1, -0.05) is 184 Å². The number of anilines is 3. The van der Waals surface area contributed by atoms with E-state index in [-0.39, 0.29) is 21.7 Å². The first-order chi connectivity index (χ1) is 37.1. The van der Waals surface area contributed by atoms with E-state index in [1.807, 2.05) is 0 Å². The van der Waals surface area contributed by atoms with Gasteiger partial charge in [0.25, 0.3) is 0 Å². The van der Waals surface area contributed by atoms with E-state index in [1.165, 1.54) is 88.7 Å². The molecule has 0 bridgehead atoms. The maximum Gasteiger partial charge on any atom is 0.144 e. The molecular weight excluding hydrogens is 939 g/mol. The zero-order chi connectivity index (χ0) is 52.2. The predicted octanol–water partition coefficient (Wildman–Crippen LogP) is 20.7. The van der Waals surface area contributed by atoms with Gasteiger partial charge in [-0.05, 0) is 138 Å². The molecule has 0 radical (unpaired) electrons. The monoisotopic (exact) mass is 995 g/mol. The van der Waals surface area contributed by atoms with Crippen molar-refractivity contribution >= 4 is 82.9 Å². The van der Waals surface area contributed by atoms with Gasteiger partial charge in [0.2, 0.25) is 0 Å². The molecule has 77 heavy (non-hydrogen) atoms. The van der Waals surface area contributed by atoms with Crippen LogP contribution in [0.5, 0.6) is 0 Å². The Balaban J connectivity index is 0.949. The number of hydrogen-bond donors (Lipinski definition) is 0. The van der Waals surface area contributed by atoms with Crippen molar-refractivity contribution in [3.05, 3.63) is 221 Å². The summed E-state index contributed by atoms with van der Waals surface area (Å²) >= 11 is 0. The van der Waals surface area contributed by atoms with Crippen LogP contribution < -0.4 is 4.90 Å². The van der Waals surface area contributed by atoms with E-state index >= 15 is 0 Å². The second kappa shape index (κ2) is 14.9. The molecule has 3 heterocycles. The van der Waals surface area contributed by atoms with Crippen molar-refractivity contribution in [1.29, 1.82) is 0 Å². The molecule has 16 rings (SSSR count). The Morgan fingerprint density at radius 1 is 0.351 bits per heavy atom. The lowest BCUT2D eigenvalue weighted by molar-refractivity contribution is 0.591. The van der Waals surface area contributed by atoms with E-state index in [0.717, 1.165) is 77.7 Å². The van der Waals surface area contributed by atoms with Crippen LogP contribution in [0.4, 0.5) is 17.1 Å². The second-order valence-electron chi connectivity index (χ2n) is 24.7.